The average Bonchev–Trinajstić information content (AvgIpc) is 2.89. The first-order valence-electron chi connectivity index (χ1n) is 11.5. The highest BCUT2D eigenvalue weighted by atomic mass is 31.2. The number of ether oxygens (including phenoxy) is 2. The van der Waals surface area contributed by atoms with E-state index in [-0.39, 0.29) is 0 Å². The lowest BCUT2D eigenvalue weighted by molar-refractivity contribution is 0.462. The number of aromatic nitrogens is 1. The molecule has 0 saturated heterocycles. The van der Waals surface area contributed by atoms with Gasteiger partial charge in [0, 0.05) is 11.9 Å². The van der Waals surface area contributed by atoms with E-state index in [1.165, 1.54) is 0 Å². The molecule has 0 unspecified atom stereocenters. The Balaban J connectivity index is 1.44. The van der Waals surface area contributed by atoms with Gasteiger partial charge in [0.15, 0.2) is 7.14 Å². The normalized spacial score (nSPS) is 14.1. The molecule has 7 rings (SSSR count). The van der Waals surface area contributed by atoms with Gasteiger partial charge in [0.05, 0.1) is 10.6 Å². The van der Waals surface area contributed by atoms with E-state index in [0.29, 0.717) is 38.9 Å². The summed E-state index contributed by atoms with van der Waals surface area (Å²) in [4.78, 5) is 4.31. The summed E-state index contributed by atoms with van der Waals surface area (Å²) in [6, 6.07) is 31.6. The SMILES string of the molecule is Cc1cc(-c2cccc(-c3cc4c5c(c3)Oc3ccccc3P5(=O)c3ccccc3O4)c2)ccn1. The molecule has 2 aliphatic heterocycles. The highest BCUT2D eigenvalue weighted by molar-refractivity contribution is 7.86. The molecule has 4 nitrogen and oxygen atoms in total. The Kier molecular flexibility index (Phi) is 4.30. The standard InChI is InChI=1S/C30H20NO3P/c1-19-15-22(13-14-31-19)20-7-6-8-21(16-20)23-17-26-30-27(18-23)34-25-10-3-5-12-29(25)35(30,32)28-11-4-2-9-24(28)33-26/h2-18H,1H3. The molecule has 168 valence electrons. The van der Waals surface area contributed by atoms with E-state index in [1.54, 1.807) is 0 Å². The molecule has 0 fully saturated rings. The van der Waals surface area contributed by atoms with Crippen molar-refractivity contribution in [1.29, 1.82) is 0 Å². The molecule has 0 amide bonds. The van der Waals surface area contributed by atoms with Crippen molar-refractivity contribution in [2.45, 2.75) is 6.92 Å². The zero-order valence-corrected chi connectivity index (χ0v) is 19.8. The minimum Gasteiger partial charge on any atom is -0.456 e. The van der Waals surface area contributed by atoms with Crippen molar-refractivity contribution in [3.8, 4) is 45.3 Å². The molecule has 0 radical (unpaired) electrons. The molecule has 0 saturated carbocycles. The fourth-order valence-electron chi connectivity index (χ4n) is 5.03. The summed E-state index contributed by atoms with van der Waals surface area (Å²) in [5.74, 6) is 2.42. The van der Waals surface area contributed by atoms with E-state index in [0.717, 1.165) is 27.9 Å². The van der Waals surface area contributed by atoms with Gasteiger partial charge in [-0.2, -0.15) is 0 Å². The molecule has 0 bridgehead atoms. The summed E-state index contributed by atoms with van der Waals surface area (Å²) < 4.78 is 27.6. The van der Waals surface area contributed by atoms with Crippen LogP contribution in [0.1, 0.15) is 5.69 Å². The third-order valence-electron chi connectivity index (χ3n) is 6.63. The first-order valence-corrected chi connectivity index (χ1v) is 13.2. The van der Waals surface area contributed by atoms with Gasteiger partial charge in [0.2, 0.25) is 0 Å². The van der Waals surface area contributed by atoms with Crippen molar-refractivity contribution in [3.63, 3.8) is 0 Å². The molecule has 35 heavy (non-hydrogen) atoms. The number of para-hydroxylation sites is 2. The van der Waals surface area contributed by atoms with E-state index in [4.69, 9.17) is 9.47 Å². The van der Waals surface area contributed by atoms with Crippen LogP contribution in [0.4, 0.5) is 0 Å². The Morgan fingerprint density at radius 3 is 1.80 bits per heavy atom. The Labute approximate surface area is 203 Å². The van der Waals surface area contributed by atoms with Crippen molar-refractivity contribution < 1.29 is 14.0 Å². The number of hydrogen-bond donors (Lipinski definition) is 0. The monoisotopic (exact) mass is 473 g/mol. The molecule has 5 aromatic rings. The summed E-state index contributed by atoms with van der Waals surface area (Å²) in [7, 11) is -3.15. The smallest absolute Gasteiger partial charge is 0.185 e. The van der Waals surface area contributed by atoms with E-state index in [1.807, 2.05) is 85.9 Å². The maximum Gasteiger partial charge on any atom is 0.185 e. The van der Waals surface area contributed by atoms with E-state index >= 15 is 0 Å². The quantitative estimate of drug-likeness (QED) is 0.266. The molecular formula is C30H20NO3P. The summed E-state index contributed by atoms with van der Waals surface area (Å²) in [6.07, 6.45) is 1.83. The van der Waals surface area contributed by atoms with Crippen LogP contribution in [0, 0.1) is 6.92 Å². The predicted molar refractivity (Wildman–Crippen MR) is 139 cm³/mol. The molecule has 0 aliphatic carbocycles. The van der Waals surface area contributed by atoms with Gasteiger partial charge in [-0.3, -0.25) is 4.98 Å². The van der Waals surface area contributed by atoms with Crippen molar-refractivity contribution in [3.05, 3.63) is 109 Å². The van der Waals surface area contributed by atoms with Crippen LogP contribution in [0.2, 0.25) is 0 Å². The zero-order chi connectivity index (χ0) is 23.6. The molecule has 0 N–H and O–H groups in total. The number of nitrogens with zero attached hydrogens (tertiary/aromatic N) is 1. The van der Waals surface area contributed by atoms with Crippen LogP contribution in [-0.2, 0) is 4.57 Å². The van der Waals surface area contributed by atoms with Crippen molar-refractivity contribution in [1.82, 2.24) is 4.98 Å². The summed E-state index contributed by atoms with van der Waals surface area (Å²) in [5.41, 5.74) is 5.15. The van der Waals surface area contributed by atoms with Gasteiger partial charge in [0.1, 0.15) is 28.3 Å². The molecule has 3 heterocycles. The first kappa shape index (κ1) is 20.3. The number of hydrogen-bond acceptors (Lipinski definition) is 4. The molecule has 0 atom stereocenters. The van der Waals surface area contributed by atoms with Gasteiger partial charge in [-0.25, -0.2) is 0 Å². The Hall–Kier alpha value is -4.14. The number of aryl methyl sites for hydroxylation is 1. The number of pyridine rings is 1. The Morgan fingerprint density at radius 1 is 0.600 bits per heavy atom. The van der Waals surface area contributed by atoms with Crippen molar-refractivity contribution in [2.24, 2.45) is 0 Å². The minimum atomic E-state index is -3.15. The van der Waals surface area contributed by atoms with Gasteiger partial charge in [-0.05, 0) is 83.8 Å². The topological polar surface area (TPSA) is 48.4 Å². The van der Waals surface area contributed by atoms with Gasteiger partial charge in [-0.1, -0.05) is 42.5 Å². The second kappa shape index (κ2) is 7.43. The van der Waals surface area contributed by atoms with Crippen LogP contribution in [0.25, 0.3) is 22.3 Å². The second-order valence-corrected chi connectivity index (χ2v) is 11.5. The largest absolute Gasteiger partial charge is 0.456 e. The van der Waals surface area contributed by atoms with E-state index in [2.05, 4.69) is 29.2 Å². The lowest BCUT2D eigenvalue weighted by Crippen LogP contribution is -2.35. The maximum absolute atomic E-state index is 14.9. The molecular weight excluding hydrogens is 453 g/mol. The molecule has 5 heteroatoms. The van der Waals surface area contributed by atoms with Crippen molar-refractivity contribution >= 4 is 23.1 Å². The summed E-state index contributed by atoms with van der Waals surface area (Å²) in [6.45, 7) is 1.99. The van der Waals surface area contributed by atoms with Gasteiger partial charge >= 0.3 is 0 Å². The highest BCUT2D eigenvalue weighted by Crippen LogP contribution is 2.58. The maximum atomic E-state index is 14.9. The molecule has 2 aliphatic rings. The minimum absolute atomic E-state index is 0.583. The number of rotatable bonds is 2. The number of benzene rings is 4. The Bertz CT molecular complexity index is 1630. The van der Waals surface area contributed by atoms with Crippen LogP contribution in [0.5, 0.6) is 23.0 Å². The van der Waals surface area contributed by atoms with Crippen LogP contribution in [-0.4, -0.2) is 4.98 Å². The fraction of sp³-hybridized carbons (Fsp3) is 0.0333. The van der Waals surface area contributed by atoms with E-state index < -0.39 is 7.14 Å². The van der Waals surface area contributed by atoms with Crippen LogP contribution < -0.4 is 25.4 Å². The van der Waals surface area contributed by atoms with E-state index in [9.17, 15) is 4.57 Å². The van der Waals surface area contributed by atoms with Crippen LogP contribution >= 0.6 is 7.14 Å². The highest BCUT2D eigenvalue weighted by Gasteiger charge is 2.46. The summed E-state index contributed by atoms with van der Waals surface area (Å²) in [5, 5.41) is 2.07. The zero-order valence-electron chi connectivity index (χ0n) is 18.9. The van der Waals surface area contributed by atoms with Crippen LogP contribution in [0.15, 0.2) is 103 Å². The molecule has 0 spiro atoms. The first-order chi connectivity index (χ1) is 17.1. The lowest BCUT2D eigenvalue weighted by atomic mass is 9.99. The van der Waals surface area contributed by atoms with Gasteiger partial charge in [-0.15, -0.1) is 0 Å². The van der Waals surface area contributed by atoms with Crippen LogP contribution in [0.3, 0.4) is 0 Å². The molecule has 1 aromatic heterocycles. The Morgan fingerprint density at radius 2 is 1.17 bits per heavy atom. The second-order valence-electron chi connectivity index (χ2n) is 8.84. The van der Waals surface area contributed by atoms with Gasteiger partial charge < -0.3 is 14.0 Å². The summed E-state index contributed by atoms with van der Waals surface area (Å²) >= 11 is 0. The van der Waals surface area contributed by atoms with Crippen molar-refractivity contribution in [2.75, 3.05) is 0 Å². The third kappa shape index (κ3) is 3.00. The third-order valence-corrected chi connectivity index (χ3v) is 9.80. The molecule has 4 aromatic carbocycles. The lowest BCUT2D eigenvalue weighted by Gasteiger charge is -2.34. The fourth-order valence-corrected chi connectivity index (χ4v) is 8.07. The predicted octanol–water partition coefficient (Wildman–Crippen LogP) is 6.57. The number of fused-ring (bicyclic) bond motifs is 4. The average molecular weight is 473 g/mol. The van der Waals surface area contributed by atoms with Gasteiger partial charge in [0.25, 0.3) is 0 Å².